The van der Waals surface area contributed by atoms with E-state index in [-0.39, 0.29) is 30.0 Å². The van der Waals surface area contributed by atoms with Gasteiger partial charge in [-0.2, -0.15) is 0 Å². The minimum atomic E-state index is -0.509. The molecule has 29 heavy (non-hydrogen) atoms. The Kier molecular flexibility index (Phi) is 5.25. The molecule has 156 valence electrons. The maximum absolute atomic E-state index is 12.3. The first-order valence-electron chi connectivity index (χ1n) is 10.1. The van der Waals surface area contributed by atoms with E-state index >= 15 is 0 Å². The molecule has 0 bridgehead atoms. The van der Waals surface area contributed by atoms with Crippen LogP contribution in [-0.2, 0) is 31.0 Å². The Labute approximate surface area is 170 Å². The van der Waals surface area contributed by atoms with Crippen LogP contribution >= 0.6 is 0 Å². The lowest BCUT2D eigenvalue weighted by Crippen LogP contribution is -2.43. The van der Waals surface area contributed by atoms with Gasteiger partial charge in [0.05, 0.1) is 18.9 Å². The molecule has 1 aromatic rings. The summed E-state index contributed by atoms with van der Waals surface area (Å²) in [7, 11) is 1.65. The summed E-state index contributed by atoms with van der Waals surface area (Å²) in [6, 6.07) is 4.05. The predicted molar refractivity (Wildman–Crippen MR) is 105 cm³/mol. The second kappa shape index (κ2) is 7.71. The van der Waals surface area contributed by atoms with Gasteiger partial charge in [0.1, 0.15) is 18.3 Å². The van der Waals surface area contributed by atoms with Crippen molar-refractivity contribution in [3.8, 4) is 11.5 Å². The van der Waals surface area contributed by atoms with Gasteiger partial charge in [0.2, 0.25) is 0 Å². The first kappa shape index (κ1) is 19.8. The first-order valence-corrected chi connectivity index (χ1v) is 10.1. The van der Waals surface area contributed by atoms with Gasteiger partial charge in [0.25, 0.3) is 0 Å². The van der Waals surface area contributed by atoms with E-state index in [4.69, 9.17) is 18.9 Å². The fourth-order valence-electron chi connectivity index (χ4n) is 4.72. The average molecular weight is 401 g/mol. The van der Waals surface area contributed by atoms with E-state index in [1.807, 2.05) is 12.1 Å². The van der Waals surface area contributed by atoms with Gasteiger partial charge in [0.15, 0.2) is 11.5 Å². The van der Waals surface area contributed by atoms with E-state index in [2.05, 4.69) is 17.5 Å². The lowest BCUT2D eigenvalue weighted by molar-refractivity contribution is -0.155. The van der Waals surface area contributed by atoms with Crippen LogP contribution in [0.3, 0.4) is 0 Å². The normalized spacial score (nSPS) is 27.7. The highest BCUT2D eigenvalue weighted by molar-refractivity contribution is 5.72. The molecule has 1 N–H and O–H groups in total. The summed E-state index contributed by atoms with van der Waals surface area (Å²) in [6.45, 7) is 4.68. The summed E-state index contributed by atoms with van der Waals surface area (Å²) in [5.41, 5.74) is 2.17. The molecule has 4 atom stereocenters. The number of hydrogen-bond donors (Lipinski definition) is 1. The summed E-state index contributed by atoms with van der Waals surface area (Å²) in [4.78, 5) is 23.3. The minimum Gasteiger partial charge on any atom is -0.493 e. The molecule has 2 aliphatic heterocycles. The van der Waals surface area contributed by atoms with E-state index in [1.165, 1.54) is 18.1 Å². The van der Waals surface area contributed by atoms with Gasteiger partial charge >= 0.3 is 11.9 Å². The highest BCUT2D eigenvalue weighted by atomic mass is 16.6. The molecule has 1 aromatic carbocycles. The molecule has 0 radical (unpaired) electrons. The Bertz CT molecular complexity index is 850. The van der Waals surface area contributed by atoms with Crippen molar-refractivity contribution in [2.24, 2.45) is 0 Å². The molecule has 1 aliphatic carbocycles. The molecule has 0 aromatic heterocycles. The molecule has 7 nitrogen and oxygen atoms in total. The molecule has 2 heterocycles. The van der Waals surface area contributed by atoms with E-state index in [0.29, 0.717) is 6.42 Å². The number of methoxy groups -OCH3 is 1. The van der Waals surface area contributed by atoms with Gasteiger partial charge in [-0.3, -0.25) is 9.59 Å². The molecule has 0 saturated carbocycles. The van der Waals surface area contributed by atoms with Crippen LogP contribution in [0.25, 0.3) is 0 Å². The monoisotopic (exact) mass is 401 g/mol. The summed E-state index contributed by atoms with van der Waals surface area (Å²) in [6.07, 6.45) is 4.62. The Morgan fingerprint density at radius 1 is 1.38 bits per heavy atom. The number of benzene rings is 1. The van der Waals surface area contributed by atoms with Crippen LogP contribution in [0, 0.1) is 0 Å². The number of hydrogen-bond acceptors (Lipinski definition) is 7. The fourth-order valence-corrected chi connectivity index (χ4v) is 4.72. The molecular formula is C22H27NO6. The van der Waals surface area contributed by atoms with Gasteiger partial charge in [-0.1, -0.05) is 12.1 Å². The van der Waals surface area contributed by atoms with E-state index in [9.17, 15) is 9.59 Å². The lowest BCUT2D eigenvalue weighted by Gasteiger charge is -2.36. The van der Waals surface area contributed by atoms with Gasteiger partial charge in [-0.25, -0.2) is 0 Å². The molecule has 0 saturated heterocycles. The topological polar surface area (TPSA) is 83.1 Å². The van der Waals surface area contributed by atoms with Crippen molar-refractivity contribution >= 4 is 11.9 Å². The van der Waals surface area contributed by atoms with Crippen molar-refractivity contribution in [2.75, 3.05) is 13.7 Å². The van der Waals surface area contributed by atoms with Gasteiger partial charge < -0.3 is 24.3 Å². The third-order valence-electron chi connectivity index (χ3n) is 5.92. The minimum absolute atomic E-state index is 0.0305. The number of ether oxygens (including phenoxy) is 4. The molecule has 0 fully saturated rings. The third-order valence-corrected chi connectivity index (χ3v) is 5.92. The molecule has 1 spiro atoms. The maximum Gasteiger partial charge on any atom is 0.310 e. The van der Waals surface area contributed by atoms with Crippen LogP contribution < -0.4 is 14.8 Å². The highest BCUT2D eigenvalue weighted by Gasteiger charge is 2.52. The summed E-state index contributed by atoms with van der Waals surface area (Å²) in [5, 5.41) is 3.48. The molecule has 4 unspecified atom stereocenters. The smallest absolute Gasteiger partial charge is 0.310 e. The van der Waals surface area contributed by atoms with Crippen LogP contribution in [0.4, 0.5) is 0 Å². The Morgan fingerprint density at radius 3 is 2.97 bits per heavy atom. The van der Waals surface area contributed by atoms with Gasteiger partial charge in [-0.15, -0.1) is 0 Å². The Balaban J connectivity index is 1.54. The number of esters is 2. The zero-order valence-electron chi connectivity index (χ0n) is 17.0. The first-order chi connectivity index (χ1) is 13.9. The van der Waals surface area contributed by atoms with Crippen LogP contribution in [0.1, 0.15) is 44.2 Å². The van der Waals surface area contributed by atoms with Crippen LogP contribution in [0.5, 0.6) is 11.5 Å². The Hall–Kier alpha value is -2.54. The van der Waals surface area contributed by atoms with Crippen molar-refractivity contribution < 1.29 is 28.5 Å². The van der Waals surface area contributed by atoms with Gasteiger partial charge in [0, 0.05) is 25.5 Å². The second-order valence-electron chi connectivity index (χ2n) is 7.95. The number of nitrogens with one attached hydrogen (secondary N) is 1. The van der Waals surface area contributed by atoms with Gasteiger partial charge in [-0.05, 0) is 37.6 Å². The lowest BCUT2D eigenvalue weighted by atomic mass is 9.69. The van der Waals surface area contributed by atoms with E-state index < -0.39 is 12.1 Å². The summed E-state index contributed by atoms with van der Waals surface area (Å²) < 4.78 is 22.6. The summed E-state index contributed by atoms with van der Waals surface area (Å²) in [5.74, 6) is 0.740. The molecule has 0 amide bonds. The maximum atomic E-state index is 12.3. The second-order valence-corrected chi connectivity index (χ2v) is 7.95. The largest absolute Gasteiger partial charge is 0.493 e. The van der Waals surface area contributed by atoms with Crippen molar-refractivity contribution in [2.45, 2.75) is 63.4 Å². The number of rotatable bonds is 5. The van der Waals surface area contributed by atoms with Crippen molar-refractivity contribution in [3.63, 3.8) is 0 Å². The SMILES string of the molecule is COc1ccc2c3c1OC1CC(OC(=O)CC(C)OC(C)=O)C=CC31CCNC2. The van der Waals surface area contributed by atoms with Crippen LogP contribution in [0.2, 0.25) is 0 Å². The molecule has 4 rings (SSSR count). The molecule has 3 aliphatic rings. The fraction of sp³-hybridized carbons (Fsp3) is 0.545. The van der Waals surface area contributed by atoms with Crippen molar-refractivity contribution in [3.05, 3.63) is 35.4 Å². The van der Waals surface area contributed by atoms with Crippen LogP contribution in [-0.4, -0.2) is 43.9 Å². The number of carbonyl (C=O) groups is 2. The average Bonchev–Trinajstić information content (AvgIpc) is 2.87. The van der Waals surface area contributed by atoms with E-state index in [1.54, 1.807) is 14.0 Å². The summed E-state index contributed by atoms with van der Waals surface area (Å²) >= 11 is 0. The van der Waals surface area contributed by atoms with Crippen LogP contribution in [0.15, 0.2) is 24.3 Å². The van der Waals surface area contributed by atoms with E-state index in [0.717, 1.165) is 31.0 Å². The molecular weight excluding hydrogens is 374 g/mol. The van der Waals surface area contributed by atoms with Crippen molar-refractivity contribution in [1.29, 1.82) is 0 Å². The number of carbonyl (C=O) groups excluding carboxylic acids is 2. The van der Waals surface area contributed by atoms with Crippen molar-refractivity contribution in [1.82, 2.24) is 5.32 Å². The third kappa shape index (κ3) is 3.59. The Morgan fingerprint density at radius 2 is 2.21 bits per heavy atom. The standard InChI is InChI=1S/C22H27NO6/c1-13(27-14(2)24)10-19(25)28-16-6-7-22-8-9-23-12-15-4-5-17(26-3)21(20(15)22)29-18(22)11-16/h4-7,13,16,18,23H,8-12H2,1-3H3. The quantitative estimate of drug-likeness (QED) is 0.599. The zero-order valence-corrected chi connectivity index (χ0v) is 17.0. The zero-order chi connectivity index (χ0) is 20.6. The molecule has 7 heteroatoms. The predicted octanol–water partition coefficient (Wildman–Crippen LogP) is 2.40. The highest BCUT2D eigenvalue weighted by Crippen LogP contribution is 2.55.